The monoisotopic (exact) mass is 330 g/mol. The van der Waals surface area contributed by atoms with Crippen LogP contribution in [0.2, 0.25) is 10.0 Å². The summed E-state index contributed by atoms with van der Waals surface area (Å²) in [6.07, 6.45) is 7.83. The quantitative estimate of drug-likeness (QED) is 0.692. The molecular weight excluding hydrogens is 307 g/mol. The largest absolute Gasteiger partial charge is 0.492 e. The third-order valence-electron chi connectivity index (χ3n) is 4.24. The third kappa shape index (κ3) is 4.77. The van der Waals surface area contributed by atoms with Crippen molar-refractivity contribution in [2.24, 2.45) is 5.92 Å². The first-order chi connectivity index (χ1) is 10.1. The third-order valence-corrected chi connectivity index (χ3v) is 4.86. The Balaban J connectivity index is 2.07. The normalized spacial score (nSPS) is 18.3. The van der Waals surface area contributed by atoms with E-state index in [1.165, 1.54) is 38.5 Å². The fraction of sp³-hybridized carbons (Fsp3) is 0.647. The molecule has 1 N–H and O–H groups in total. The molecule has 0 radical (unpaired) electrons. The number of hydrogen-bond acceptors (Lipinski definition) is 2. The Kier molecular flexibility index (Phi) is 6.66. The number of aliphatic hydroxyl groups excluding tert-OH is 1. The maximum Gasteiger partial charge on any atom is 0.139 e. The second-order valence-corrected chi connectivity index (χ2v) is 6.66. The van der Waals surface area contributed by atoms with Crippen LogP contribution in [0, 0.1) is 5.92 Å². The molecule has 0 saturated heterocycles. The van der Waals surface area contributed by atoms with Gasteiger partial charge in [0.05, 0.1) is 22.8 Å². The Morgan fingerprint density at radius 1 is 1.14 bits per heavy atom. The molecule has 0 aliphatic heterocycles. The van der Waals surface area contributed by atoms with Crippen molar-refractivity contribution in [3.05, 3.63) is 27.7 Å². The Hall–Kier alpha value is -0.440. The van der Waals surface area contributed by atoms with E-state index in [-0.39, 0.29) is 0 Å². The van der Waals surface area contributed by atoms with E-state index in [2.05, 4.69) is 0 Å². The van der Waals surface area contributed by atoms with Gasteiger partial charge in [0.1, 0.15) is 5.75 Å². The molecule has 0 heterocycles. The average molecular weight is 331 g/mol. The molecule has 1 aliphatic rings. The Morgan fingerprint density at radius 2 is 1.81 bits per heavy atom. The van der Waals surface area contributed by atoms with E-state index < -0.39 is 6.10 Å². The van der Waals surface area contributed by atoms with Gasteiger partial charge in [-0.05, 0) is 25.3 Å². The maximum absolute atomic E-state index is 10.5. The Bertz CT molecular complexity index is 454. The molecule has 1 aliphatic carbocycles. The highest BCUT2D eigenvalue weighted by molar-refractivity contribution is 6.34. The fourth-order valence-electron chi connectivity index (χ4n) is 3.11. The molecule has 0 spiro atoms. The summed E-state index contributed by atoms with van der Waals surface area (Å²) in [7, 11) is 0. The minimum absolute atomic E-state index is 0.510. The van der Waals surface area contributed by atoms with E-state index in [1.54, 1.807) is 12.1 Å². The highest BCUT2D eigenvalue weighted by atomic mass is 35.5. The Morgan fingerprint density at radius 3 is 2.43 bits per heavy atom. The van der Waals surface area contributed by atoms with Crippen LogP contribution in [0.5, 0.6) is 5.75 Å². The van der Waals surface area contributed by atoms with Gasteiger partial charge in [0, 0.05) is 11.6 Å². The van der Waals surface area contributed by atoms with Crippen molar-refractivity contribution in [1.82, 2.24) is 0 Å². The molecule has 1 unspecified atom stereocenters. The minimum Gasteiger partial charge on any atom is -0.492 e. The predicted molar refractivity (Wildman–Crippen MR) is 88.4 cm³/mol. The number of aliphatic hydroxyl groups is 1. The lowest BCUT2D eigenvalue weighted by Gasteiger charge is -2.20. The summed E-state index contributed by atoms with van der Waals surface area (Å²) >= 11 is 12.5. The maximum atomic E-state index is 10.5. The van der Waals surface area contributed by atoms with Gasteiger partial charge in [-0.25, -0.2) is 0 Å². The summed E-state index contributed by atoms with van der Waals surface area (Å²) in [4.78, 5) is 0. The van der Waals surface area contributed by atoms with Gasteiger partial charge in [0.15, 0.2) is 0 Å². The van der Waals surface area contributed by atoms with Crippen molar-refractivity contribution in [1.29, 1.82) is 0 Å². The molecule has 118 valence electrons. The second kappa shape index (κ2) is 8.26. The number of rotatable bonds is 5. The van der Waals surface area contributed by atoms with Crippen LogP contribution < -0.4 is 4.74 Å². The molecule has 0 bridgehead atoms. The number of hydrogen-bond donors (Lipinski definition) is 1. The van der Waals surface area contributed by atoms with E-state index in [0.29, 0.717) is 28.3 Å². The number of ether oxygens (including phenoxy) is 1. The van der Waals surface area contributed by atoms with Crippen molar-refractivity contribution >= 4 is 23.2 Å². The summed E-state index contributed by atoms with van der Waals surface area (Å²) in [5.41, 5.74) is 0.717. The van der Waals surface area contributed by atoms with Gasteiger partial charge in [0.2, 0.25) is 0 Å². The number of benzene rings is 1. The predicted octanol–water partition coefficient (Wildman–Crippen LogP) is 5.79. The van der Waals surface area contributed by atoms with Crippen LogP contribution in [-0.4, -0.2) is 11.7 Å². The lowest BCUT2D eigenvalue weighted by molar-refractivity contribution is 0.139. The smallest absolute Gasteiger partial charge is 0.139 e. The molecule has 1 fully saturated rings. The van der Waals surface area contributed by atoms with Crippen molar-refractivity contribution in [2.45, 2.75) is 58.0 Å². The molecule has 1 aromatic rings. The van der Waals surface area contributed by atoms with Crippen LogP contribution in [0.15, 0.2) is 12.1 Å². The second-order valence-electron chi connectivity index (χ2n) is 5.85. The van der Waals surface area contributed by atoms with Crippen LogP contribution in [0.4, 0.5) is 0 Å². The molecule has 21 heavy (non-hydrogen) atoms. The van der Waals surface area contributed by atoms with E-state index in [0.717, 1.165) is 12.0 Å². The first-order valence-electron chi connectivity index (χ1n) is 7.91. The van der Waals surface area contributed by atoms with Gasteiger partial charge in [-0.1, -0.05) is 61.7 Å². The topological polar surface area (TPSA) is 29.5 Å². The van der Waals surface area contributed by atoms with Gasteiger partial charge < -0.3 is 9.84 Å². The highest BCUT2D eigenvalue weighted by Crippen LogP contribution is 2.38. The molecule has 4 heteroatoms. The lowest BCUT2D eigenvalue weighted by atomic mass is 9.91. The first-order valence-corrected chi connectivity index (χ1v) is 8.67. The van der Waals surface area contributed by atoms with Crippen molar-refractivity contribution in [3.8, 4) is 5.75 Å². The van der Waals surface area contributed by atoms with Crippen LogP contribution in [-0.2, 0) is 0 Å². The van der Waals surface area contributed by atoms with Gasteiger partial charge in [-0.2, -0.15) is 0 Å². The summed E-state index contributed by atoms with van der Waals surface area (Å²) in [5, 5.41) is 11.5. The zero-order valence-electron chi connectivity index (χ0n) is 12.6. The SMILES string of the molecule is CCOc1cc(Cl)c(C(O)CC2CCCCCC2)cc1Cl. The van der Waals surface area contributed by atoms with Gasteiger partial charge in [-0.15, -0.1) is 0 Å². The van der Waals surface area contributed by atoms with Crippen LogP contribution in [0.25, 0.3) is 0 Å². The van der Waals surface area contributed by atoms with Crippen molar-refractivity contribution in [2.75, 3.05) is 6.61 Å². The van der Waals surface area contributed by atoms with Crippen LogP contribution in [0.1, 0.15) is 63.5 Å². The number of halogens is 2. The van der Waals surface area contributed by atoms with Crippen LogP contribution in [0.3, 0.4) is 0 Å². The highest BCUT2D eigenvalue weighted by Gasteiger charge is 2.21. The zero-order chi connectivity index (χ0) is 15.2. The minimum atomic E-state index is -0.547. The Labute approximate surface area is 137 Å². The molecule has 0 amide bonds. The molecule has 2 nitrogen and oxygen atoms in total. The van der Waals surface area contributed by atoms with Gasteiger partial charge in [0.25, 0.3) is 0 Å². The molecule has 1 atom stereocenters. The van der Waals surface area contributed by atoms with E-state index in [4.69, 9.17) is 27.9 Å². The van der Waals surface area contributed by atoms with Crippen molar-refractivity contribution in [3.63, 3.8) is 0 Å². The van der Waals surface area contributed by atoms with Gasteiger partial charge >= 0.3 is 0 Å². The molecule has 2 rings (SSSR count). The fourth-order valence-corrected chi connectivity index (χ4v) is 3.61. The first kappa shape index (κ1) is 16.9. The van der Waals surface area contributed by atoms with E-state index in [1.807, 2.05) is 6.92 Å². The lowest BCUT2D eigenvalue weighted by Crippen LogP contribution is -2.08. The van der Waals surface area contributed by atoms with E-state index in [9.17, 15) is 5.11 Å². The van der Waals surface area contributed by atoms with Crippen molar-refractivity contribution < 1.29 is 9.84 Å². The summed E-state index contributed by atoms with van der Waals surface area (Å²) in [6.45, 7) is 2.44. The standard InChI is InChI=1S/C17H24Cl2O2/c1-2-21-17-11-14(18)13(10-15(17)19)16(20)9-12-7-5-3-4-6-8-12/h10-12,16,20H,2-9H2,1H3. The molecular formula is C17H24Cl2O2. The van der Waals surface area contributed by atoms with Crippen LogP contribution >= 0.6 is 23.2 Å². The molecule has 0 aromatic heterocycles. The molecule has 1 aromatic carbocycles. The van der Waals surface area contributed by atoms with E-state index >= 15 is 0 Å². The van der Waals surface area contributed by atoms with Gasteiger partial charge in [-0.3, -0.25) is 0 Å². The summed E-state index contributed by atoms with van der Waals surface area (Å²) < 4.78 is 5.42. The molecule has 1 saturated carbocycles. The average Bonchev–Trinajstić information content (AvgIpc) is 2.71. The summed E-state index contributed by atoms with van der Waals surface area (Å²) in [5.74, 6) is 1.17. The zero-order valence-corrected chi connectivity index (χ0v) is 14.1. The summed E-state index contributed by atoms with van der Waals surface area (Å²) in [6, 6.07) is 3.45.